The Morgan fingerprint density at radius 1 is 0.857 bits per heavy atom. The largest absolute Gasteiger partial charge is 0.481 e. The van der Waals surface area contributed by atoms with Gasteiger partial charge in [-0.1, -0.05) is 48.5 Å². The second kappa shape index (κ2) is 10.8. The summed E-state index contributed by atoms with van der Waals surface area (Å²) in [5.41, 5.74) is 8.97. The number of para-hydroxylation sites is 1. The number of nitrogens with zero attached hydrogens (tertiary/aromatic N) is 1. The molecular formula is C27H22F2N2O4. The van der Waals surface area contributed by atoms with Gasteiger partial charge in [0, 0.05) is 19.0 Å². The first-order valence-corrected chi connectivity index (χ1v) is 10.8. The first kappa shape index (κ1) is 23.8. The average molecular weight is 476 g/mol. The highest BCUT2D eigenvalue weighted by Gasteiger charge is 2.17. The number of benzene rings is 3. The van der Waals surface area contributed by atoms with E-state index in [1.54, 1.807) is 42.5 Å². The van der Waals surface area contributed by atoms with Gasteiger partial charge in [0.2, 0.25) is 0 Å². The van der Waals surface area contributed by atoms with Gasteiger partial charge in [0.1, 0.15) is 11.5 Å². The molecule has 0 bridgehead atoms. The van der Waals surface area contributed by atoms with E-state index in [4.69, 9.17) is 20.3 Å². The number of aryl methyl sites for hydroxylation is 1. The maximum atomic E-state index is 14.5. The number of carboxylic acid groups (broad SMARTS) is 1. The minimum absolute atomic E-state index is 0.126. The summed E-state index contributed by atoms with van der Waals surface area (Å²) >= 11 is 0. The van der Waals surface area contributed by atoms with Crippen molar-refractivity contribution in [1.82, 2.24) is 4.98 Å². The van der Waals surface area contributed by atoms with Crippen molar-refractivity contribution in [3.8, 4) is 34.4 Å². The molecule has 0 saturated heterocycles. The van der Waals surface area contributed by atoms with E-state index in [2.05, 4.69) is 4.98 Å². The van der Waals surface area contributed by atoms with E-state index in [0.717, 1.165) is 16.7 Å². The van der Waals surface area contributed by atoms with Crippen molar-refractivity contribution in [3.05, 3.63) is 102 Å². The molecule has 0 spiro atoms. The van der Waals surface area contributed by atoms with Gasteiger partial charge in [0.25, 0.3) is 11.8 Å². The van der Waals surface area contributed by atoms with E-state index in [0.29, 0.717) is 23.9 Å². The Kier molecular flexibility index (Phi) is 7.32. The highest BCUT2D eigenvalue weighted by atomic mass is 19.1. The molecule has 0 aliphatic heterocycles. The maximum absolute atomic E-state index is 14.5. The number of ether oxygens (including phenoxy) is 2. The van der Waals surface area contributed by atoms with Crippen LogP contribution in [-0.2, 0) is 17.8 Å². The van der Waals surface area contributed by atoms with Gasteiger partial charge in [0.05, 0.1) is 0 Å². The molecule has 0 saturated carbocycles. The third-order valence-electron chi connectivity index (χ3n) is 5.20. The lowest BCUT2D eigenvalue weighted by Crippen LogP contribution is -2.02. The summed E-state index contributed by atoms with van der Waals surface area (Å²) in [5, 5.41) is 8.95. The summed E-state index contributed by atoms with van der Waals surface area (Å²) in [6.07, 6.45) is 0.0500. The quantitative estimate of drug-likeness (QED) is 0.304. The molecule has 3 N–H and O–H groups in total. The van der Waals surface area contributed by atoms with Crippen LogP contribution in [0.15, 0.2) is 78.9 Å². The molecule has 0 amide bonds. The molecule has 1 aromatic heterocycles. The molecule has 0 aliphatic carbocycles. The number of carboxylic acids is 1. The Morgan fingerprint density at radius 3 is 2.29 bits per heavy atom. The van der Waals surface area contributed by atoms with Crippen LogP contribution in [0, 0.1) is 11.6 Å². The summed E-state index contributed by atoms with van der Waals surface area (Å²) in [5.74, 6) is -3.42. The van der Waals surface area contributed by atoms with Crippen LogP contribution in [-0.4, -0.2) is 16.1 Å². The Hall–Kier alpha value is -4.30. The summed E-state index contributed by atoms with van der Waals surface area (Å²) in [4.78, 5) is 14.8. The van der Waals surface area contributed by atoms with Crippen LogP contribution in [0.4, 0.5) is 8.78 Å². The predicted octanol–water partition coefficient (Wildman–Crippen LogP) is 6.09. The van der Waals surface area contributed by atoms with Crippen molar-refractivity contribution in [1.29, 1.82) is 0 Å². The molecular weight excluding hydrogens is 454 g/mol. The molecule has 0 unspecified atom stereocenters. The van der Waals surface area contributed by atoms with Gasteiger partial charge in [-0.2, -0.15) is 4.98 Å². The van der Waals surface area contributed by atoms with Crippen molar-refractivity contribution < 1.29 is 28.2 Å². The van der Waals surface area contributed by atoms with Crippen molar-refractivity contribution in [2.75, 3.05) is 0 Å². The van der Waals surface area contributed by atoms with E-state index < -0.39 is 29.4 Å². The SMILES string of the molecule is NCc1cccc(-c2cccc(Oc3nc(Oc4ccccc4CCC(=O)O)c(F)cc3F)c2)c1. The zero-order valence-electron chi connectivity index (χ0n) is 18.6. The first-order chi connectivity index (χ1) is 16.9. The molecule has 0 aliphatic rings. The maximum Gasteiger partial charge on any atom is 0.303 e. The lowest BCUT2D eigenvalue weighted by molar-refractivity contribution is -0.136. The highest BCUT2D eigenvalue weighted by Crippen LogP contribution is 2.33. The zero-order chi connectivity index (χ0) is 24.8. The van der Waals surface area contributed by atoms with Crippen LogP contribution in [0.25, 0.3) is 11.1 Å². The average Bonchev–Trinajstić information content (AvgIpc) is 2.86. The fourth-order valence-electron chi connectivity index (χ4n) is 3.46. The normalized spacial score (nSPS) is 10.7. The van der Waals surface area contributed by atoms with Crippen molar-refractivity contribution >= 4 is 5.97 Å². The third kappa shape index (κ3) is 5.99. The van der Waals surface area contributed by atoms with Gasteiger partial charge in [-0.15, -0.1) is 0 Å². The molecule has 0 atom stereocenters. The van der Waals surface area contributed by atoms with Crippen LogP contribution >= 0.6 is 0 Å². The first-order valence-electron chi connectivity index (χ1n) is 10.8. The van der Waals surface area contributed by atoms with Gasteiger partial charge >= 0.3 is 5.97 Å². The van der Waals surface area contributed by atoms with Crippen LogP contribution in [0.5, 0.6) is 23.3 Å². The van der Waals surface area contributed by atoms with E-state index in [-0.39, 0.29) is 18.6 Å². The van der Waals surface area contributed by atoms with E-state index in [1.165, 1.54) is 0 Å². The molecule has 0 fully saturated rings. The fourth-order valence-corrected chi connectivity index (χ4v) is 3.46. The number of carbonyl (C=O) groups is 1. The number of rotatable bonds is 9. The Labute approximate surface area is 200 Å². The lowest BCUT2D eigenvalue weighted by atomic mass is 10.0. The van der Waals surface area contributed by atoms with E-state index in [9.17, 15) is 13.6 Å². The molecule has 178 valence electrons. The monoisotopic (exact) mass is 476 g/mol. The van der Waals surface area contributed by atoms with Gasteiger partial charge in [-0.25, -0.2) is 8.78 Å². The van der Waals surface area contributed by atoms with Gasteiger partial charge in [0.15, 0.2) is 11.6 Å². The predicted molar refractivity (Wildman–Crippen MR) is 126 cm³/mol. The van der Waals surface area contributed by atoms with Crippen LogP contribution in [0.2, 0.25) is 0 Å². The number of nitrogens with two attached hydrogens (primary N) is 1. The number of hydrogen-bond acceptors (Lipinski definition) is 5. The topological polar surface area (TPSA) is 94.7 Å². The molecule has 4 aromatic rings. The van der Waals surface area contributed by atoms with E-state index >= 15 is 0 Å². The molecule has 3 aromatic carbocycles. The second-order valence-electron chi connectivity index (χ2n) is 7.70. The summed E-state index contributed by atoms with van der Waals surface area (Å²) < 4.78 is 40.2. The molecule has 6 nitrogen and oxygen atoms in total. The summed E-state index contributed by atoms with van der Waals surface area (Å²) in [6, 6.07) is 21.9. The minimum Gasteiger partial charge on any atom is -0.481 e. The fraction of sp³-hybridized carbons (Fsp3) is 0.111. The van der Waals surface area contributed by atoms with Gasteiger partial charge in [-0.05, 0) is 52.9 Å². The number of halogens is 2. The van der Waals surface area contributed by atoms with Crippen LogP contribution < -0.4 is 15.2 Å². The molecule has 0 radical (unpaired) electrons. The standard InChI is InChI=1S/C27H22F2N2O4/c28-22-15-23(29)27(35-24-10-2-1-6-18(24)11-12-25(32)33)31-26(22)34-21-9-4-8-20(14-21)19-7-3-5-17(13-19)16-30/h1-10,13-15H,11-12,16,30H2,(H,32,33). The van der Waals surface area contributed by atoms with E-state index in [1.807, 2.05) is 30.3 Å². The number of hydrogen-bond donors (Lipinski definition) is 2. The minimum atomic E-state index is -1.02. The molecule has 1 heterocycles. The summed E-state index contributed by atoms with van der Waals surface area (Å²) in [7, 11) is 0. The third-order valence-corrected chi connectivity index (χ3v) is 5.20. The Balaban J connectivity index is 1.60. The lowest BCUT2D eigenvalue weighted by Gasteiger charge is -2.13. The highest BCUT2D eigenvalue weighted by molar-refractivity contribution is 5.67. The number of pyridine rings is 1. The van der Waals surface area contributed by atoms with Crippen LogP contribution in [0.1, 0.15) is 17.5 Å². The van der Waals surface area contributed by atoms with Crippen molar-refractivity contribution in [2.24, 2.45) is 5.73 Å². The smallest absolute Gasteiger partial charge is 0.303 e. The number of aliphatic carboxylic acids is 1. The molecule has 35 heavy (non-hydrogen) atoms. The molecule has 4 rings (SSSR count). The zero-order valence-corrected chi connectivity index (χ0v) is 18.6. The van der Waals surface area contributed by atoms with Gasteiger partial charge in [-0.3, -0.25) is 4.79 Å². The molecule has 8 heteroatoms. The van der Waals surface area contributed by atoms with Gasteiger partial charge < -0.3 is 20.3 Å². The van der Waals surface area contributed by atoms with Crippen LogP contribution in [0.3, 0.4) is 0 Å². The van der Waals surface area contributed by atoms with Crippen molar-refractivity contribution in [3.63, 3.8) is 0 Å². The second-order valence-corrected chi connectivity index (χ2v) is 7.70. The number of aromatic nitrogens is 1. The Bertz CT molecular complexity index is 1360. The van der Waals surface area contributed by atoms with Crippen molar-refractivity contribution in [2.45, 2.75) is 19.4 Å². The summed E-state index contributed by atoms with van der Waals surface area (Å²) in [6.45, 7) is 0.400. The Morgan fingerprint density at radius 2 is 1.54 bits per heavy atom.